The molecule has 1 heterocycles. The van der Waals surface area contributed by atoms with Crippen LogP contribution < -0.4 is 0 Å². The number of hydrogen-bond donors (Lipinski definition) is 1. The highest BCUT2D eigenvalue weighted by atomic mass is 16.3. The van der Waals surface area contributed by atoms with Gasteiger partial charge in [0.15, 0.2) is 0 Å². The Balaban J connectivity index is 2.17. The van der Waals surface area contributed by atoms with Crippen molar-refractivity contribution in [2.75, 3.05) is 0 Å². The van der Waals surface area contributed by atoms with Crippen molar-refractivity contribution in [1.82, 2.24) is 4.57 Å². The molecule has 0 saturated carbocycles. The number of aryl methyl sites for hydroxylation is 1. The summed E-state index contributed by atoms with van der Waals surface area (Å²) < 4.78 is 2.42. The number of fused-ring (bicyclic) bond motifs is 1. The van der Waals surface area contributed by atoms with Gasteiger partial charge in [0.2, 0.25) is 0 Å². The Bertz CT molecular complexity index is 354. The summed E-state index contributed by atoms with van der Waals surface area (Å²) in [4.78, 5) is 0. The van der Waals surface area contributed by atoms with Gasteiger partial charge in [-0.25, -0.2) is 0 Å². The SMILES string of the molecule is CCCCCn1c(C)cc2c1CCCC2O. The number of aliphatic hydroxyl groups is 1. The maximum atomic E-state index is 9.96. The van der Waals surface area contributed by atoms with E-state index >= 15 is 0 Å². The molecule has 1 unspecified atom stereocenters. The first-order valence-electron chi connectivity index (χ1n) is 6.61. The van der Waals surface area contributed by atoms with E-state index in [1.165, 1.54) is 36.2 Å². The maximum absolute atomic E-state index is 9.96. The molecular formula is C14H23NO. The second-order valence-electron chi connectivity index (χ2n) is 4.95. The summed E-state index contributed by atoms with van der Waals surface area (Å²) >= 11 is 0. The quantitative estimate of drug-likeness (QED) is 0.775. The molecule has 0 radical (unpaired) electrons. The molecule has 0 bridgehead atoms. The summed E-state index contributed by atoms with van der Waals surface area (Å²) in [5, 5.41) is 9.96. The number of rotatable bonds is 4. The third kappa shape index (κ3) is 2.17. The predicted octanol–water partition coefficient (Wildman–Crippen LogP) is 3.36. The van der Waals surface area contributed by atoms with E-state index < -0.39 is 0 Å². The summed E-state index contributed by atoms with van der Waals surface area (Å²) in [6.45, 7) is 5.53. The first-order chi connectivity index (χ1) is 7.74. The monoisotopic (exact) mass is 221 g/mol. The van der Waals surface area contributed by atoms with E-state index in [0.29, 0.717) is 0 Å². The third-order valence-electron chi connectivity index (χ3n) is 3.68. The van der Waals surface area contributed by atoms with Crippen molar-refractivity contribution in [3.63, 3.8) is 0 Å². The first-order valence-corrected chi connectivity index (χ1v) is 6.61. The van der Waals surface area contributed by atoms with Crippen LogP contribution >= 0.6 is 0 Å². The molecule has 1 aromatic heterocycles. The van der Waals surface area contributed by atoms with Crippen LogP contribution in [0.2, 0.25) is 0 Å². The summed E-state index contributed by atoms with van der Waals surface area (Å²) in [7, 11) is 0. The standard InChI is InChI=1S/C14H23NO/c1-3-4-5-9-15-11(2)10-12-13(15)7-6-8-14(12)16/h10,14,16H,3-9H2,1-2H3. The van der Waals surface area contributed by atoms with E-state index in [-0.39, 0.29) is 6.10 Å². The molecule has 2 heteroatoms. The highest BCUT2D eigenvalue weighted by molar-refractivity contribution is 5.31. The molecule has 0 amide bonds. The number of aromatic nitrogens is 1. The zero-order chi connectivity index (χ0) is 11.5. The Morgan fingerprint density at radius 3 is 3.00 bits per heavy atom. The minimum atomic E-state index is -0.213. The van der Waals surface area contributed by atoms with Crippen LogP contribution in [0.15, 0.2) is 6.07 Å². The van der Waals surface area contributed by atoms with Gasteiger partial charge in [0.1, 0.15) is 0 Å². The van der Waals surface area contributed by atoms with Gasteiger partial charge in [-0.3, -0.25) is 0 Å². The molecule has 1 aliphatic carbocycles. The second-order valence-corrected chi connectivity index (χ2v) is 4.95. The molecule has 2 rings (SSSR count). The molecule has 2 nitrogen and oxygen atoms in total. The molecule has 1 atom stereocenters. The van der Waals surface area contributed by atoms with Crippen molar-refractivity contribution < 1.29 is 5.11 Å². The minimum Gasteiger partial charge on any atom is -0.388 e. The summed E-state index contributed by atoms with van der Waals surface area (Å²) in [6, 6.07) is 2.19. The Morgan fingerprint density at radius 2 is 2.25 bits per heavy atom. The number of unbranched alkanes of at least 4 members (excludes halogenated alkanes) is 2. The number of nitrogens with zero attached hydrogens (tertiary/aromatic N) is 1. The molecular weight excluding hydrogens is 198 g/mol. The molecule has 0 fully saturated rings. The molecule has 90 valence electrons. The Hall–Kier alpha value is -0.760. The lowest BCUT2D eigenvalue weighted by Crippen LogP contribution is -2.12. The lowest BCUT2D eigenvalue weighted by molar-refractivity contribution is 0.155. The predicted molar refractivity (Wildman–Crippen MR) is 66.6 cm³/mol. The van der Waals surface area contributed by atoms with Crippen molar-refractivity contribution in [2.24, 2.45) is 0 Å². The average molecular weight is 221 g/mol. The van der Waals surface area contributed by atoms with Crippen LogP contribution in [0.5, 0.6) is 0 Å². The van der Waals surface area contributed by atoms with Crippen molar-refractivity contribution in [2.45, 2.75) is 65.0 Å². The highest BCUT2D eigenvalue weighted by Gasteiger charge is 2.22. The van der Waals surface area contributed by atoms with Gasteiger partial charge in [0.25, 0.3) is 0 Å². The zero-order valence-corrected chi connectivity index (χ0v) is 10.5. The first kappa shape index (κ1) is 11.7. The summed E-state index contributed by atoms with van der Waals surface area (Å²) in [5.41, 5.74) is 3.91. The van der Waals surface area contributed by atoms with E-state index in [0.717, 1.165) is 25.8 Å². The van der Waals surface area contributed by atoms with E-state index in [1.54, 1.807) is 0 Å². The van der Waals surface area contributed by atoms with Crippen molar-refractivity contribution in [3.8, 4) is 0 Å². The fourth-order valence-corrected chi connectivity index (χ4v) is 2.77. The number of hydrogen-bond acceptors (Lipinski definition) is 1. The fourth-order valence-electron chi connectivity index (χ4n) is 2.77. The van der Waals surface area contributed by atoms with Crippen LogP contribution in [-0.2, 0) is 13.0 Å². The van der Waals surface area contributed by atoms with Crippen LogP contribution in [0.25, 0.3) is 0 Å². The van der Waals surface area contributed by atoms with Crippen LogP contribution in [0.4, 0.5) is 0 Å². The van der Waals surface area contributed by atoms with Crippen LogP contribution in [-0.4, -0.2) is 9.67 Å². The lowest BCUT2D eigenvalue weighted by Gasteiger charge is -2.20. The molecule has 0 saturated heterocycles. The van der Waals surface area contributed by atoms with Gasteiger partial charge in [0, 0.05) is 23.5 Å². The Morgan fingerprint density at radius 1 is 1.44 bits per heavy atom. The largest absolute Gasteiger partial charge is 0.388 e. The topological polar surface area (TPSA) is 25.2 Å². The average Bonchev–Trinajstić information content (AvgIpc) is 2.58. The van der Waals surface area contributed by atoms with Crippen LogP contribution in [0, 0.1) is 6.92 Å². The molecule has 0 aromatic carbocycles. The van der Waals surface area contributed by atoms with E-state index in [1.807, 2.05) is 0 Å². The van der Waals surface area contributed by atoms with Gasteiger partial charge in [-0.1, -0.05) is 19.8 Å². The van der Waals surface area contributed by atoms with Crippen molar-refractivity contribution >= 4 is 0 Å². The molecule has 0 spiro atoms. The van der Waals surface area contributed by atoms with Crippen molar-refractivity contribution in [3.05, 3.63) is 23.0 Å². The normalized spacial score (nSPS) is 19.8. The summed E-state index contributed by atoms with van der Waals surface area (Å²) in [5.74, 6) is 0. The highest BCUT2D eigenvalue weighted by Crippen LogP contribution is 2.32. The number of aliphatic hydroxyl groups excluding tert-OH is 1. The molecule has 1 aromatic rings. The lowest BCUT2D eigenvalue weighted by atomic mass is 9.95. The van der Waals surface area contributed by atoms with Gasteiger partial charge in [0.05, 0.1) is 6.10 Å². The van der Waals surface area contributed by atoms with Crippen molar-refractivity contribution in [1.29, 1.82) is 0 Å². The van der Waals surface area contributed by atoms with Gasteiger partial charge in [-0.2, -0.15) is 0 Å². The fraction of sp³-hybridized carbons (Fsp3) is 0.714. The van der Waals surface area contributed by atoms with Crippen LogP contribution in [0.1, 0.15) is 62.1 Å². The van der Waals surface area contributed by atoms with Gasteiger partial charge in [-0.15, -0.1) is 0 Å². The Labute approximate surface area is 98.3 Å². The van der Waals surface area contributed by atoms with Gasteiger partial charge >= 0.3 is 0 Å². The maximum Gasteiger partial charge on any atom is 0.0807 e. The van der Waals surface area contributed by atoms with E-state index in [9.17, 15) is 5.11 Å². The summed E-state index contributed by atoms with van der Waals surface area (Å²) in [6.07, 6.45) is 6.83. The van der Waals surface area contributed by atoms with E-state index in [2.05, 4.69) is 24.5 Å². The Kier molecular flexibility index (Phi) is 3.70. The van der Waals surface area contributed by atoms with Gasteiger partial charge in [-0.05, 0) is 38.7 Å². The molecule has 0 aliphatic heterocycles. The zero-order valence-electron chi connectivity index (χ0n) is 10.5. The molecule has 1 N–H and O–H groups in total. The molecule has 1 aliphatic rings. The minimum absolute atomic E-state index is 0.213. The third-order valence-corrected chi connectivity index (χ3v) is 3.68. The van der Waals surface area contributed by atoms with Crippen LogP contribution in [0.3, 0.4) is 0 Å². The second kappa shape index (κ2) is 5.05. The van der Waals surface area contributed by atoms with E-state index in [4.69, 9.17) is 0 Å². The molecule has 16 heavy (non-hydrogen) atoms. The van der Waals surface area contributed by atoms with Gasteiger partial charge < -0.3 is 9.67 Å². The smallest absolute Gasteiger partial charge is 0.0807 e.